The highest BCUT2D eigenvalue weighted by molar-refractivity contribution is 5.83. The Hall–Kier alpha value is -1.88. The van der Waals surface area contributed by atoms with Gasteiger partial charge in [-0.1, -0.05) is 30.3 Å². The van der Waals surface area contributed by atoms with E-state index in [0.29, 0.717) is 19.6 Å². The highest BCUT2D eigenvalue weighted by Crippen LogP contribution is 2.20. The van der Waals surface area contributed by atoms with E-state index < -0.39 is 6.10 Å². The van der Waals surface area contributed by atoms with E-state index in [9.17, 15) is 14.7 Å². The molecular formula is C19H28N2O3. The number of nitrogens with zero attached hydrogens (tertiary/aromatic N) is 2. The summed E-state index contributed by atoms with van der Waals surface area (Å²) in [4.78, 5) is 27.8. The van der Waals surface area contributed by atoms with Gasteiger partial charge in [0.2, 0.25) is 11.8 Å². The minimum atomic E-state index is -0.400. The Morgan fingerprint density at radius 2 is 2.04 bits per heavy atom. The van der Waals surface area contributed by atoms with Crippen molar-refractivity contribution in [3.05, 3.63) is 35.9 Å². The van der Waals surface area contributed by atoms with Gasteiger partial charge >= 0.3 is 0 Å². The molecule has 0 radical (unpaired) electrons. The molecular weight excluding hydrogens is 304 g/mol. The van der Waals surface area contributed by atoms with Gasteiger partial charge in [0.1, 0.15) is 0 Å². The SMILES string of the molecule is CC(=O)N(CCc1ccccc1)CC(=O)N1CCC[C@@H]([C@@H](C)O)C1. The van der Waals surface area contributed by atoms with E-state index in [4.69, 9.17) is 0 Å². The largest absolute Gasteiger partial charge is 0.393 e. The molecule has 1 fully saturated rings. The fourth-order valence-corrected chi connectivity index (χ4v) is 3.15. The summed E-state index contributed by atoms with van der Waals surface area (Å²) in [7, 11) is 0. The Bertz CT molecular complexity index is 545. The van der Waals surface area contributed by atoms with Crippen molar-refractivity contribution < 1.29 is 14.7 Å². The second-order valence-corrected chi connectivity index (χ2v) is 6.66. The zero-order valence-electron chi connectivity index (χ0n) is 14.6. The molecule has 5 heteroatoms. The maximum absolute atomic E-state index is 12.5. The highest BCUT2D eigenvalue weighted by Gasteiger charge is 2.27. The van der Waals surface area contributed by atoms with Crippen molar-refractivity contribution >= 4 is 11.8 Å². The van der Waals surface area contributed by atoms with Gasteiger partial charge in [-0.2, -0.15) is 0 Å². The lowest BCUT2D eigenvalue weighted by Crippen LogP contribution is -2.48. The van der Waals surface area contributed by atoms with Crippen molar-refractivity contribution in [3.63, 3.8) is 0 Å². The van der Waals surface area contributed by atoms with Gasteiger partial charge in [-0.15, -0.1) is 0 Å². The van der Waals surface area contributed by atoms with E-state index in [0.717, 1.165) is 24.8 Å². The molecule has 1 aliphatic rings. The third-order valence-electron chi connectivity index (χ3n) is 4.78. The predicted octanol–water partition coefficient (Wildman–Crippen LogP) is 1.70. The first-order valence-corrected chi connectivity index (χ1v) is 8.72. The Morgan fingerprint density at radius 1 is 1.33 bits per heavy atom. The number of rotatable bonds is 6. The van der Waals surface area contributed by atoms with Gasteiger partial charge in [-0.25, -0.2) is 0 Å². The van der Waals surface area contributed by atoms with Crippen molar-refractivity contribution in [3.8, 4) is 0 Å². The summed E-state index contributed by atoms with van der Waals surface area (Å²) in [5.74, 6) is 0.0322. The molecule has 5 nitrogen and oxygen atoms in total. The zero-order valence-corrected chi connectivity index (χ0v) is 14.6. The first kappa shape index (κ1) is 18.5. The summed E-state index contributed by atoms with van der Waals surface area (Å²) >= 11 is 0. The molecule has 1 saturated heterocycles. The molecule has 1 aliphatic heterocycles. The third-order valence-corrected chi connectivity index (χ3v) is 4.78. The molecule has 0 unspecified atom stereocenters. The number of carbonyl (C=O) groups is 2. The lowest BCUT2D eigenvalue weighted by molar-refractivity contribution is -0.141. The van der Waals surface area contributed by atoms with E-state index >= 15 is 0 Å². The quantitative estimate of drug-likeness (QED) is 0.862. The van der Waals surface area contributed by atoms with Gasteiger partial charge in [0.15, 0.2) is 0 Å². The molecule has 24 heavy (non-hydrogen) atoms. The summed E-state index contributed by atoms with van der Waals surface area (Å²) in [6, 6.07) is 9.96. The van der Waals surface area contributed by atoms with Crippen LogP contribution in [0.3, 0.4) is 0 Å². The van der Waals surface area contributed by atoms with E-state index in [1.165, 1.54) is 6.92 Å². The molecule has 0 spiro atoms. The predicted molar refractivity (Wildman–Crippen MR) is 93.4 cm³/mol. The number of likely N-dealkylation sites (tertiary alicyclic amines) is 1. The van der Waals surface area contributed by atoms with Crippen LogP contribution in [0.25, 0.3) is 0 Å². The molecule has 0 bridgehead atoms. The van der Waals surface area contributed by atoms with Crippen LogP contribution < -0.4 is 0 Å². The average Bonchev–Trinajstić information content (AvgIpc) is 2.59. The fraction of sp³-hybridized carbons (Fsp3) is 0.579. The van der Waals surface area contributed by atoms with Crippen molar-refractivity contribution in [2.75, 3.05) is 26.2 Å². The molecule has 1 aromatic carbocycles. The Labute approximate surface area is 144 Å². The second-order valence-electron chi connectivity index (χ2n) is 6.66. The molecule has 1 aromatic rings. The number of aliphatic hydroxyl groups excluding tert-OH is 1. The second kappa shape index (κ2) is 8.83. The Morgan fingerprint density at radius 3 is 2.67 bits per heavy atom. The number of amides is 2. The molecule has 132 valence electrons. The number of piperidine rings is 1. The summed E-state index contributed by atoms with van der Waals surface area (Å²) in [6.45, 7) is 5.24. The van der Waals surface area contributed by atoms with Crippen LogP contribution in [0.1, 0.15) is 32.3 Å². The lowest BCUT2D eigenvalue weighted by Gasteiger charge is -2.35. The smallest absolute Gasteiger partial charge is 0.242 e. The lowest BCUT2D eigenvalue weighted by atomic mass is 9.93. The number of aliphatic hydroxyl groups is 1. The van der Waals surface area contributed by atoms with Gasteiger partial charge in [-0.05, 0) is 31.7 Å². The van der Waals surface area contributed by atoms with Crippen LogP contribution in [0.4, 0.5) is 0 Å². The number of hydrogen-bond donors (Lipinski definition) is 1. The van der Waals surface area contributed by atoms with Crippen molar-refractivity contribution in [2.24, 2.45) is 5.92 Å². The normalized spacial score (nSPS) is 19.0. The van der Waals surface area contributed by atoms with Crippen LogP contribution in [-0.2, 0) is 16.0 Å². The van der Waals surface area contributed by atoms with Crippen LogP contribution in [0.5, 0.6) is 0 Å². The monoisotopic (exact) mass is 332 g/mol. The van der Waals surface area contributed by atoms with Crippen molar-refractivity contribution in [1.29, 1.82) is 0 Å². The van der Waals surface area contributed by atoms with E-state index in [1.807, 2.05) is 30.3 Å². The highest BCUT2D eigenvalue weighted by atomic mass is 16.3. The van der Waals surface area contributed by atoms with Crippen LogP contribution >= 0.6 is 0 Å². The first-order valence-electron chi connectivity index (χ1n) is 8.72. The molecule has 0 saturated carbocycles. The van der Waals surface area contributed by atoms with Crippen molar-refractivity contribution in [2.45, 2.75) is 39.2 Å². The average molecular weight is 332 g/mol. The van der Waals surface area contributed by atoms with Crippen LogP contribution in [0, 0.1) is 5.92 Å². The van der Waals surface area contributed by atoms with Gasteiger partial charge in [0.25, 0.3) is 0 Å². The Balaban J connectivity index is 1.89. The fourth-order valence-electron chi connectivity index (χ4n) is 3.15. The molecule has 2 rings (SSSR count). The van der Waals surface area contributed by atoms with Gasteiger partial charge in [0, 0.05) is 32.5 Å². The minimum Gasteiger partial charge on any atom is -0.393 e. The number of carbonyl (C=O) groups excluding carboxylic acids is 2. The van der Waals surface area contributed by atoms with Crippen molar-refractivity contribution in [1.82, 2.24) is 9.80 Å². The van der Waals surface area contributed by atoms with Crippen LogP contribution in [0.15, 0.2) is 30.3 Å². The van der Waals surface area contributed by atoms with Gasteiger partial charge in [-0.3, -0.25) is 9.59 Å². The van der Waals surface area contributed by atoms with Crippen LogP contribution in [0.2, 0.25) is 0 Å². The van der Waals surface area contributed by atoms with Crippen LogP contribution in [-0.4, -0.2) is 59.0 Å². The first-order chi connectivity index (χ1) is 11.5. The number of benzene rings is 1. The van der Waals surface area contributed by atoms with E-state index in [-0.39, 0.29) is 24.3 Å². The Kier molecular flexibility index (Phi) is 6.79. The molecule has 0 aromatic heterocycles. The third kappa shape index (κ3) is 5.34. The molecule has 1 heterocycles. The zero-order chi connectivity index (χ0) is 17.5. The summed E-state index contributed by atoms with van der Waals surface area (Å²) in [5.41, 5.74) is 1.16. The summed E-state index contributed by atoms with van der Waals surface area (Å²) < 4.78 is 0. The van der Waals surface area contributed by atoms with Gasteiger partial charge in [0.05, 0.1) is 12.6 Å². The molecule has 2 atom stereocenters. The topological polar surface area (TPSA) is 60.9 Å². The summed E-state index contributed by atoms with van der Waals surface area (Å²) in [5, 5.41) is 9.75. The maximum atomic E-state index is 12.5. The molecule has 0 aliphatic carbocycles. The van der Waals surface area contributed by atoms with E-state index in [1.54, 1.807) is 16.7 Å². The standard InChI is InChI=1S/C19H28N2O3/c1-15(22)18-9-6-11-21(13-18)19(24)14-20(16(2)23)12-10-17-7-4-3-5-8-17/h3-5,7-8,15,18,22H,6,9-14H2,1-2H3/t15-,18-/m1/s1. The van der Waals surface area contributed by atoms with E-state index in [2.05, 4.69) is 0 Å². The minimum absolute atomic E-state index is 0.0244. The number of hydrogen-bond acceptors (Lipinski definition) is 3. The molecule has 1 N–H and O–H groups in total. The maximum Gasteiger partial charge on any atom is 0.242 e. The summed E-state index contributed by atoms with van der Waals surface area (Å²) in [6.07, 6.45) is 2.20. The van der Waals surface area contributed by atoms with Gasteiger partial charge < -0.3 is 14.9 Å². The molecule has 2 amide bonds.